The predicted molar refractivity (Wildman–Crippen MR) is 88.8 cm³/mol. The average molecular weight is 377 g/mol. The van der Waals surface area contributed by atoms with Crippen molar-refractivity contribution in [2.24, 2.45) is 0 Å². The lowest BCUT2D eigenvalue weighted by Gasteiger charge is -2.16. The highest BCUT2D eigenvalue weighted by Gasteiger charge is 2.31. The minimum atomic E-state index is -4.77. The van der Waals surface area contributed by atoms with Crippen molar-refractivity contribution in [2.45, 2.75) is 18.8 Å². The summed E-state index contributed by atoms with van der Waals surface area (Å²) in [5.41, 5.74) is 1.22. The van der Waals surface area contributed by atoms with E-state index < -0.39 is 18.3 Å². The summed E-state index contributed by atoms with van der Waals surface area (Å²) in [6.07, 6.45) is -3.11. The Bertz CT molecular complexity index is 868. The molecule has 0 aliphatic carbocycles. The number of alkyl halides is 3. The van der Waals surface area contributed by atoms with Gasteiger partial charge in [-0.1, -0.05) is 30.3 Å². The zero-order valence-electron chi connectivity index (χ0n) is 13.8. The highest BCUT2D eigenvalue weighted by molar-refractivity contribution is 5.93. The summed E-state index contributed by atoms with van der Waals surface area (Å²) in [6.45, 7) is 0. The SMILES string of the molecule is O=C(Nc1ccc(OC(F)(F)F)cc1)[C@H](Cc1ccccc1)n1cnnn1. The minimum absolute atomic E-state index is 0.320. The second-order valence-electron chi connectivity index (χ2n) is 5.56. The van der Waals surface area contributed by atoms with Crippen LogP contribution in [0.15, 0.2) is 60.9 Å². The van der Waals surface area contributed by atoms with Crippen LogP contribution < -0.4 is 10.1 Å². The van der Waals surface area contributed by atoms with E-state index in [9.17, 15) is 18.0 Å². The first-order chi connectivity index (χ1) is 12.9. The Labute approximate surface area is 151 Å². The monoisotopic (exact) mass is 377 g/mol. The first-order valence-corrected chi connectivity index (χ1v) is 7.84. The molecule has 0 saturated heterocycles. The molecule has 10 heteroatoms. The summed E-state index contributed by atoms with van der Waals surface area (Å²) < 4.78 is 41.8. The van der Waals surface area contributed by atoms with Crippen LogP contribution >= 0.6 is 0 Å². The van der Waals surface area contributed by atoms with Crippen molar-refractivity contribution < 1.29 is 22.7 Å². The topological polar surface area (TPSA) is 81.9 Å². The summed E-state index contributed by atoms with van der Waals surface area (Å²) in [6, 6.07) is 13.4. The number of amides is 1. The fourth-order valence-electron chi connectivity index (χ4n) is 2.42. The van der Waals surface area contributed by atoms with Crippen LogP contribution in [0, 0.1) is 0 Å². The van der Waals surface area contributed by atoms with E-state index in [4.69, 9.17) is 0 Å². The zero-order chi connectivity index (χ0) is 19.3. The van der Waals surface area contributed by atoms with Crippen LogP contribution in [0.1, 0.15) is 11.6 Å². The third kappa shape index (κ3) is 5.27. The molecule has 7 nitrogen and oxygen atoms in total. The molecule has 0 radical (unpaired) electrons. The quantitative estimate of drug-likeness (QED) is 0.714. The smallest absolute Gasteiger partial charge is 0.406 e. The average Bonchev–Trinajstić information content (AvgIpc) is 3.15. The van der Waals surface area contributed by atoms with E-state index in [0.29, 0.717) is 12.1 Å². The van der Waals surface area contributed by atoms with Crippen LogP contribution in [0.4, 0.5) is 18.9 Å². The highest BCUT2D eigenvalue weighted by Crippen LogP contribution is 2.24. The van der Waals surface area contributed by atoms with E-state index in [0.717, 1.165) is 17.7 Å². The zero-order valence-corrected chi connectivity index (χ0v) is 13.8. The lowest BCUT2D eigenvalue weighted by atomic mass is 10.1. The van der Waals surface area contributed by atoms with Gasteiger partial charge in [-0.25, -0.2) is 4.68 Å². The maximum atomic E-state index is 12.7. The Morgan fingerprint density at radius 1 is 1.11 bits per heavy atom. The summed E-state index contributed by atoms with van der Waals surface area (Å²) in [4.78, 5) is 12.7. The molecule has 0 saturated carbocycles. The lowest BCUT2D eigenvalue weighted by Crippen LogP contribution is -2.28. The van der Waals surface area contributed by atoms with Gasteiger partial charge in [0.25, 0.3) is 0 Å². The lowest BCUT2D eigenvalue weighted by molar-refractivity contribution is -0.274. The molecule has 27 heavy (non-hydrogen) atoms. The Morgan fingerprint density at radius 3 is 2.41 bits per heavy atom. The molecule has 1 N–H and O–H groups in total. The van der Waals surface area contributed by atoms with Crippen LogP contribution in [0.25, 0.3) is 0 Å². The van der Waals surface area contributed by atoms with Gasteiger partial charge >= 0.3 is 6.36 Å². The van der Waals surface area contributed by atoms with E-state index in [1.807, 2.05) is 30.3 Å². The molecule has 2 aromatic carbocycles. The number of rotatable bonds is 6. The van der Waals surface area contributed by atoms with Gasteiger partial charge < -0.3 is 10.1 Å². The number of hydrogen-bond acceptors (Lipinski definition) is 5. The van der Waals surface area contributed by atoms with Gasteiger partial charge in [0.05, 0.1) is 0 Å². The molecule has 0 aliphatic rings. The van der Waals surface area contributed by atoms with Crippen molar-refractivity contribution in [3.8, 4) is 5.75 Å². The maximum absolute atomic E-state index is 12.7. The van der Waals surface area contributed by atoms with Crippen LogP contribution in [-0.2, 0) is 11.2 Å². The molecular weight excluding hydrogens is 363 g/mol. The number of aromatic nitrogens is 4. The van der Waals surface area contributed by atoms with Crippen LogP contribution in [0.2, 0.25) is 0 Å². The second-order valence-corrected chi connectivity index (χ2v) is 5.56. The largest absolute Gasteiger partial charge is 0.573 e. The summed E-state index contributed by atoms with van der Waals surface area (Å²) in [7, 11) is 0. The predicted octanol–water partition coefficient (Wildman–Crippen LogP) is 2.99. The number of tetrazole rings is 1. The molecule has 0 bridgehead atoms. The third-order valence-electron chi connectivity index (χ3n) is 3.61. The van der Waals surface area contributed by atoms with Crippen molar-refractivity contribution in [2.75, 3.05) is 5.32 Å². The number of benzene rings is 2. The molecule has 1 aromatic heterocycles. The van der Waals surface area contributed by atoms with Gasteiger partial charge in [0.2, 0.25) is 5.91 Å². The molecule has 1 amide bonds. The summed E-state index contributed by atoms with van der Waals surface area (Å²) in [5, 5.41) is 13.5. The standard InChI is InChI=1S/C17H14F3N5O2/c18-17(19,20)27-14-8-6-13(7-9-14)22-16(26)15(25-11-21-23-24-25)10-12-4-2-1-3-5-12/h1-9,11,15H,10H2,(H,22,26)/t15-/m0/s1. The minimum Gasteiger partial charge on any atom is -0.406 e. The van der Waals surface area contributed by atoms with E-state index in [1.54, 1.807) is 0 Å². The van der Waals surface area contributed by atoms with Crippen molar-refractivity contribution >= 4 is 11.6 Å². The Morgan fingerprint density at radius 2 is 1.81 bits per heavy atom. The van der Waals surface area contributed by atoms with E-state index in [2.05, 4.69) is 25.6 Å². The number of anilines is 1. The van der Waals surface area contributed by atoms with Crippen LogP contribution in [0.3, 0.4) is 0 Å². The highest BCUT2D eigenvalue weighted by atomic mass is 19.4. The molecule has 0 fully saturated rings. The van der Waals surface area contributed by atoms with Crippen molar-refractivity contribution in [3.05, 3.63) is 66.5 Å². The fourth-order valence-corrected chi connectivity index (χ4v) is 2.42. The van der Waals surface area contributed by atoms with E-state index >= 15 is 0 Å². The number of halogens is 3. The molecular formula is C17H14F3N5O2. The van der Waals surface area contributed by atoms with Gasteiger partial charge in [-0.3, -0.25) is 4.79 Å². The number of carbonyl (C=O) groups is 1. The van der Waals surface area contributed by atoms with E-state index in [-0.39, 0.29) is 5.75 Å². The molecule has 0 aliphatic heterocycles. The van der Waals surface area contributed by atoms with Gasteiger partial charge in [-0.2, -0.15) is 0 Å². The summed E-state index contributed by atoms with van der Waals surface area (Å²) >= 11 is 0. The van der Waals surface area contributed by atoms with Gasteiger partial charge in [-0.15, -0.1) is 18.3 Å². The molecule has 1 heterocycles. The number of hydrogen-bond donors (Lipinski definition) is 1. The van der Waals surface area contributed by atoms with Crippen molar-refractivity contribution in [1.29, 1.82) is 0 Å². The Balaban J connectivity index is 1.73. The van der Waals surface area contributed by atoms with E-state index in [1.165, 1.54) is 23.1 Å². The first-order valence-electron chi connectivity index (χ1n) is 7.84. The number of carbonyl (C=O) groups excluding carboxylic acids is 1. The first kappa shape index (κ1) is 18.4. The molecule has 3 aromatic rings. The molecule has 0 spiro atoms. The third-order valence-corrected chi connectivity index (χ3v) is 3.61. The molecule has 3 rings (SSSR count). The molecule has 1 atom stereocenters. The normalized spacial score (nSPS) is 12.4. The maximum Gasteiger partial charge on any atom is 0.573 e. The Hall–Kier alpha value is -3.43. The molecule has 140 valence electrons. The number of ether oxygens (including phenoxy) is 1. The van der Waals surface area contributed by atoms with Gasteiger partial charge in [0.15, 0.2) is 0 Å². The second kappa shape index (κ2) is 7.85. The number of nitrogens with zero attached hydrogens (tertiary/aromatic N) is 4. The summed E-state index contributed by atoms with van der Waals surface area (Å²) in [5.74, 6) is -0.780. The van der Waals surface area contributed by atoms with Gasteiger partial charge in [0, 0.05) is 12.1 Å². The van der Waals surface area contributed by atoms with Gasteiger partial charge in [0.1, 0.15) is 18.1 Å². The number of nitrogens with one attached hydrogen (secondary N) is 1. The van der Waals surface area contributed by atoms with Crippen LogP contribution in [0.5, 0.6) is 5.75 Å². The van der Waals surface area contributed by atoms with Crippen molar-refractivity contribution in [1.82, 2.24) is 20.2 Å². The van der Waals surface area contributed by atoms with Crippen molar-refractivity contribution in [3.63, 3.8) is 0 Å². The Kier molecular flexibility index (Phi) is 5.34. The van der Waals surface area contributed by atoms with Crippen LogP contribution in [-0.4, -0.2) is 32.5 Å². The van der Waals surface area contributed by atoms with Gasteiger partial charge in [-0.05, 0) is 40.3 Å². The fraction of sp³-hybridized carbons (Fsp3) is 0.176. The molecule has 0 unspecified atom stereocenters.